The fourth-order valence-electron chi connectivity index (χ4n) is 3.91. The molecule has 148 valence electrons. The van der Waals surface area contributed by atoms with Gasteiger partial charge in [-0.3, -0.25) is 4.99 Å². The summed E-state index contributed by atoms with van der Waals surface area (Å²) < 4.78 is 6.09. The van der Waals surface area contributed by atoms with Crippen LogP contribution in [0.3, 0.4) is 0 Å². The van der Waals surface area contributed by atoms with Gasteiger partial charge in [0.2, 0.25) is 0 Å². The molecular weight excluding hydrogens is 378 g/mol. The monoisotopic (exact) mass is 403 g/mol. The average molecular weight is 404 g/mol. The van der Waals surface area contributed by atoms with Crippen LogP contribution in [0.2, 0.25) is 5.02 Å². The van der Waals surface area contributed by atoms with Gasteiger partial charge in [-0.15, -0.1) is 0 Å². The second-order valence-corrected chi connectivity index (χ2v) is 7.75. The number of aliphatic imine (C=N–C) groups is 1. The molecule has 3 heteroatoms. The van der Waals surface area contributed by atoms with Gasteiger partial charge in [-0.2, -0.15) is 0 Å². The van der Waals surface area contributed by atoms with Gasteiger partial charge in [-0.05, 0) is 43.4 Å². The molecule has 0 saturated heterocycles. The van der Waals surface area contributed by atoms with Crippen molar-refractivity contribution in [2.24, 2.45) is 4.99 Å². The van der Waals surface area contributed by atoms with Crippen LogP contribution < -0.4 is 0 Å². The first-order valence-corrected chi connectivity index (χ1v) is 10.9. The van der Waals surface area contributed by atoms with Gasteiger partial charge >= 0.3 is 0 Å². The fourth-order valence-corrected chi connectivity index (χ4v) is 4.12. The highest BCUT2D eigenvalue weighted by molar-refractivity contribution is 6.36. The Morgan fingerprint density at radius 2 is 2.00 bits per heavy atom. The lowest BCUT2D eigenvalue weighted by Gasteiger charge is -2.13. The molecule has 0 fully saturated rings. The van der Waals surface area contributed by atoms with Crippen molar-refractivity contribution in [2.45, 2.75) is 46.0 Å². The molecule has 0 aliphatic heterocycles. The lowest BCUT2D eigenvalue weighted by Crippen LogP contribution is -2.04. The summed E-state index contributed by atoms with van der Waals surface area (Å²) in [6.45, 7) is 4.36. The van der Waals surface area contributed by atoms with Gasteiger partial charge in [0.05, 0.1) is 10.7 Å². The summed E-state index contributed by atoms with van der Waals surface area (Å²) in [5.74, 6) is 0. The van der Waals surface area contributed by atoms with E-state index in [1.807, 2.05) is 24.3 Å². The molecule has 1 aliphatic rings. The van der Waals surface area contributed by atoms with E-state index in [1.54, 1.807) is 0 Å². The molecule has 0 spiro atoms. The van der Waals surface area contributed by atoms with E-state index in [-0.39, 0.29) is 0 Å². The van der Waals surface area contributed by atoms with Crippen LogP contribution in [-0.4, -0.2) is 5.71 Å². The number of hydrogen-bond donors (Lipinski definition) is 0. The Bertz CT molecular complexity index is 1160. The number of furan rings is 1. The topological polar surface area (TPSA) is 25.5 Å². The van der Waals surface area contributed by atoms with Crippen molar-refractivity contribution in [3.05, 3.63) is 76.9 Å². The Balaban J connectivity index is 1.92. The zero-order valence-electron chi connectivity index (χ0n) is 17.0. The van der Waals surface area contributed by atoms with E-state index in [4.69, 9.17) is 21.0 Å². The summed E-state index contributed by atoms with van der Waals surface area (Å²) in [6, 6.07) is 12.1. The van der Waals surface area contributed by atoms with Gasteiger partial charge in [0.15, 0.2) is 5.58 Å². The maximum atomic E-state index is 6.40. The molecule has 4 rings (SSSR count). The molecule has 0 saturated carbocycles. The van der Waals surface area contributed by atoms with Gasteiger partial charge in [0.25, 0.3) is 0 Å². The number of allylic oxidation sites excluding steroid dienone is 5. The molecule has 0 N–H and O–H groups in total. The lowest BCUT2D eigenvalue weighted by atomic mass is 9.98. The van der Waals surface area contributed by atoms with Crippen LogP contribution in [0.25, 0.3) is 27.6 Å². The minimum Gasteiger partial charge on any atom is -0.454 e. The summed E-state index contributed by atoms with van der Waals surface area (Å²) in [7, 11) is 0. The smallest absolute Gasteiger partial charge is 0.154 e. The van der Waals surface area contributed by atoms with Crippen molar-refractivity contribution in [1.29, 1.82) is 0 Å². The number of halogens is 1. The molecule has 3 aromatic rings. The molecule has 1 heterocycles. The molecule has 0 unspecified atom stereocenters. The van der Waals surface area contributed by atoms with Crippen LogP contribution in [0.15, 0.2) is 75.7 Å². The summed E-state index contributed by atoms with van der Waals surface area (Å²) >= 11 is 6.40. The van der Waals surface area contributed by atoms with E-state index < -0.39 is 0 Å². The molecule has 2 nitrogen and oxygen atoms in total. The average Bonchev–Trinajstić information content (AvgIpc) is 3.14. The third-order valence-corrected chi connectivity index (χ3v) is 5.52. The molecule has 1 aromatic heterocycles. The van der Waals surface area contributed by atoms with E-state index in [1.165, 1.54) is 5.57 Å². The second-order valence-electron chi connectivity index (χ2n) is 7.34. The normalized spacial score (nSPS) is 15.3. The molecule has 0 radical (unpaired) electrons. The van der Waals surface area contributed by atoms with Crippen LogP contribution >= 0.6 is 11.6 Å². The number of hydrogen-bond acceptors (Lipinski definition) is 2. The molecule has 2 aromatic carbocycles. The minimum atomic E-state index is 0.637. The van der Waals surface area contributed by atoms with Gasteiger partial charge in [-0.25, -0.2) is 0 Å². The Morgan fingerprint density at radius 3 is 2.76 bits per heavy atom. The Hall–Kier alpha value is -2.58. The highest BCUT2D eigenvalue weighted by atomic mass is 35.5. The number of para-hydroxylation sites is 1. The largest absolute Gasteiger partial charge is 0.454 e. The van der Waals surface area contributed by atoms with Gasteiger partial charge < -0.3 is 4.42 Å². The zero-order valence-corrected chi connectivity index (χ0v) is 17.8. The Labute approximate surface area is 177 Å². The van der Waals surface area contributed by atoms with E-state index in [0.717, 1.165) is 71.0 Å². The maximum Gasteiger partial charge on any atom is 0.154 e. The predicted molar refractivity (Wildman–Crippen MR) is 126 cm³/mol. The predicted octanol–water partition coefficient (Wildman–Crippen LogP) is 8.51. The number of rotatable bonds is 6. The van der Waals surface area contributed by atoms with E-state index in [9.17, 15) is 0 Å². The van der Waals surface area contributed by atoms with Crippen molar-refractivity contribution in [2.75, 3.05) is 0 Å². The van der Waals surface area contributed by atoms with Gasteiger partial charge in [0, 0.05) is 22.0 Å². The number of nitrogens with zero attached hydrogens (tertiary/aromatic N) is 1. The minimum absolute atomic E-state index is 0.637. The van der Waals surface area contributed by atoms with Crippen molar-refractivity contribution < 1.29 is 4.42 Å². The molecule has 0 amide bonds. The van der Waals surface area contributed by atoms with E-state index in [2.05, 4.69) is 50.3 Å². The van der Waals surface area contributed by atoms with Crippen LogP contribution in [0.1, 0.15) is 51.5 Å². The first kappa shape index (κ1) is 19.7. The van der Waals surface area contributed by atoms with Crippen LogP contribution in [0.5, 0.6) is 0 Å². The Morgan fingerprint density at radius 1 is 1.14 bits per heavy atom. The first-order chi connectivity index (χ1) is 14.2. The molecule has 0 bridgehead atoms. The number of fused-ring (bicyclic) bond motifs is 3. The highest BCUT2D eigenvalue weighted by Crippen LogP contribution is 2.38. The van der Waals surface area contributed by atoms with Crippen molar-refractivity contribution in [3.63, 3.8) is 0 Å². The van der Waals surface area contributed by atoms with Crippen LogP contribution in [0.4, 0.5) is 0 Å². The van der Waals surface area contributed by atoms with Gasteiger partial charge in [0.1, 0.15) is 5.58 Å². The van der Waals surface area contributed by atoms with E-state index >= 15 is 0 Å². The molecule has 1 aliphatic carbocycles. The van der Waals surface area contributed by atoms with Crippen LogP contribution in [-0.2, 0) is 0 Å². The Kier molecular flexibility index (Phi) is 6.01. The summed E-state index contributed by atoms with van der Waals surface area (Å²) in [4.78, 5) is 5.19. The summed E-state index contributed by atoms with van der Waals surface area (Å²) in [5, 5.41) is 2.75. The fraction of sp³-hybridized carbons (Fsp3) is 0.269. The van der Waals surface area contributed by atoms with Crippen molar-refractivity contribution in [1.82, 2.24) is 0 Å². The molecule has 29 heavy (non-hydrogen) atoms. The summed E-state index contributed by atoms with van der Waals surface area (Å²) in [5.41, 5.74) is 6.10. The second kappa shape index (κ2) is 8.84. The zero-order chi connectivity index (χ0) is 20.2. The third kappa shape index (κ3) is 3.95. The van der Waals surface area contributed by atoms with Gasteiger partial charge in [-0.1, -0.05) is 80.4 Å². The maximum absolute atomic E-state index is 6.40. The van der Waals surface area contributed by atoms with Crippen LogP contribution in [0, 0.1) is 0 Å². The molecular formula is C26H26ClNO. The molecule has 0 atom stereocenters. The quantitative estimate of drug-likeness (QED) is 0.378. The highest BCUT2D eigenvalue weighted by Gasteiger charge is 2.16. The SMILES string of the molecule is CC/C=C(/N=C(CCC)C1=CCCC=C1)c1cccc2oc3c(Cl)cccc3c12. The van der Waals surface area contributed by atoms with E-state index in [0.29, 0.717) is 5.02 Å². The standard InChI is InChI=1S/C26H26ClNO/c1-3-10-22(18-12-6-5-7-13-18)28-23(11-4-2)19-14-9-17-24-25(19)20-15-8-16-21(27)26(20)29-24/h6,8-9,11-17H,3-5,7,10H2,1-2H3/b23-11+,28-22?. The van der Waals surface area contributed by atoms with Crippen molar-refractivity contribution in [3.8, 4) is 0 Å². The third-order valence-electron chi connectivity index (χ3n) is 5.22. The first-order valence-electron chi connectivity index (χ1n) is 10.5. The summed E-state index contributed by atoms with van der Waals surface area (Å²) in [6.07, 6.45) is 14.1. The number of benzene rings is 2. The lowest BCUT2D eigenvalue weighted by molar-refractivity contribution is 0.669. The van der Waals surface area contributed by atoms with Crippen molar-refractivity contribution >= 4 is 44.9 Å².